The van der Waals surface area contributed by atoms with Crippen molar-refractivity contribution in [3.63, 3.8) is 0 Å². The van der Waals surface area contributed by atoms with E-state index in [4.69, 9.17) is 9.84 Å². The van der Waals surface area contributed by atoms with Gasteiger partial charge in [-0.3, -0.25) is 0 Å². The molecule has 2 unspecified atom stereocenters. The van der Waals surface area contributed by atoms with E-state index in [0.717, 1.165) is 12.2 Å². The minimum atomic E-state index is 0.180. The number of allylic oxidation sites excluding steroid dienone is 1. The molecule has 0 saturated carbocycles. The minimum Gasteiger partial charge on any atom is -0.493 e. The maximum absolute atomic E-state index is 9.16. The Morgan fingerprint density at radius 1 is 1.23 bits per heavy atom. The molecule has 3 rings (SSSR count). The first-order chi connectivity index (χ1) is 10.8. The van der Waals surface area contributed by atoms with Gasteiger partial charge in [0.1, 0.15) is 5.75 Å². The van der Waals surface area contributed by atoms with Crippen LogP contribution < -0.4 is 4.74 Å². The van der Waals surface area contributed by atoms with Gasteiger partial charge in [-0.1, -0.05) is 48.5 Å². The van der Waals surface area contributed by atoms with Crippen LogP contribution in [0.3, 0.4) is 0 Å². The van der Waals surface area contributed by atoms with Crippen molar-refractivity contribution in [2.24, 2.45) is 0 Å². The summed E-state index contributed by atoms with van der Waals surface area (Å²) in [5.74, 6) is 1.70. The van der Waals surface area contributed by atoms with Crippen molar-refractivity contribution >= 4 is 0 Å². The molecule has 114 valence electrons. The second-order valence-corrected chi connectivity index (χ2v) is 5.80. The lowest BCUT2D eigenvalue weighted by Gasteiger charge is -2.22. The molecule has 0 saturated heterocycles. The highest BCUT2D eigenvalue weighted by Gasteiger charge is 2.31. The van der Waals surface area contributed by atoms with Crippen LogP contribution in [0, 0.1) is 0 Å². The molecule has 2 heteroatoms. The Bertz CT molecular complexity index is 633. The van der Waals surface area contributed by atoms with Crippen molar-refractivity contribution in [3.8, 4) is 5.75 Å². The predicted molar refractivity (Wildman–Crippen MR) is 89.5 cm³/mol. The van der Waals surface area contributed by atoms with Gasteiger partial charge in [-0.05, 0) is 36.0 Å². The van der Waals surface area contributed by atoms with E-state index in [9.17, 15) is 0 Å². The zero-order valence-electron chi connectivity index (χ0n) is 12.7. The summed E-state index contributed by atoms with van der Waals surface area (Å²) in [4.78, 5) is 0. The van der Waals surface area contributed by atoms with E-state index in [1.54, 1.807) is 0 Å². The average Bonchev–Trinajstić information content (AvgIpc) is 2.97. The third-order valence-corrected chi connectivity index (χ3v) is 4.43. The van der Waals surface area contributed by atoms with E-state index in [1.807, 2.05) is 24.3 Å². The number of fused-ring (bicyclic) bond motifs is 1. The summed E-state index contributed by atoms with van der Waals surface area (Å²) >= 11 is 0. The van der Waals surface area contributed by atoms with Gasteiger partial charge in [-0.2, -0.15) is 0 Å². The van der Waals surface area contributed by atoms with Crippen LogP contribution in [0.25, 0.3) is 0 Å². The highest BCUT2D eigenvalue weighted by molar-refractivity contribution is 5.45. The van der Waals surface area contributed by atoms with Crippen molar-refractivity contribution in [2.75, 3.05) is 13.2 Å². The summed E-state index contributed by atoms with van der Waals surface area (Å²) in [7, 11) is 0. The van der Waals surface area contributed by atoms with Crippen LogP contribution >= 0.6 is 0 Å². The predicted octanol–water partition coefficient (Wildman–Crippen LogP) is 4.06. The zero-order chi connectivity index (χ0) is 15.4. The van der Waals surface area contributed by atoms with Crippen molar-refractivity contribution in [2.45, 2.75) is 24.7 Å². The average molecular weight is 294 g/mol. The number of ether oxygens (including phenoxy) is 1. The smallest absolute Gasteiger partial charge is 0.122 e. The fourth-order valence-corrected chi connectivity index (χ4v) is 3.32. The highest BCUT2D eigenvalue weighted by atomic mass is 16.5. The Labute approximate surface area is 132 Å². The van der Waals surface area contributed by atoms with Crippen molar-refractivity contribution in [3.05, 3.63) is 77.9 Å². The minimum absolute atomic E-state index is 0.180. The van der Waals surface area contributed by atoms with E-state index in [1.165, 1.54) is 16.7 Å². The van der Waals surface area contributed by atoms with Gasteiger partial charge in [0.25, 0.3) is 0 Å². The molecule has 0 spiro atoms. The maximum atomic E-state index is 9.16. The Kier molecular flexibility index (Phi) is 4.59. The first kappa shape index (κ1) is 14.9. The van der Waals surface area contributed by atoms with E-state index in [-0.39, 0.29) is 6.61 Å². The Morgan fingerprint density at radius 3 is 2.77 bits per heavy atom. The molecule has 1 N–H and O–H groups in total. The second kappa shape index (κ2) is 6.80. The molecule has 2 nitrogen and oxygen atoms in total. The highest BCUT2D eigenvalue weighted by Crippen LogP contribution is 2.44. The SMILES string of the molecule is C=CCC(c1ccccc1)C1COc2ccc(CCO)cc21. The topological polar surface area (TPSA) is 29.5 Å². The molecular formula is C20H22O2. The van der Waals surface area contributed by atoms with Crippen LogP contribution in [-0.2, 0) is 6.42 Å². The second-order valence-electron chi connectivity index (χ2n) is 5.80. The molecule has 1 aliphatic rings. The van der Waals surface area contributed by atoms with Crippen molar-refractivity contribution in [1.82, 2.24) is 0 Å². The van der Waals surface area contributed by atoms with Crippen LogP contribution in [0.5, 0.6) is 5.75 Å². The number of hydrogen-bond acceptors (Lipinski definition) is 2. The molecule has 0 aromatic heterocycles. The molecule has 0 bridgehead atoms. The van der Waals surface area contributed by atoms with Crippen LogP contribution in [0.2, 0.25) is 0 Å². The number of hydrogen-bond donors (Lipinski definition) is 1. The van der Waals surface area contributed by atoms with Crippen molar-refractivity contribution in [1.29, 1.82) is 0 Å². The molecule has 2 aromatic rings. The molecule has 0 fully saturated rings. The third kappa shape index (κ3) is 2.93. The van der Waals surface area contributed by atoms with Gasteiger partial charge in [0.2, 0.25) is 0 Å². The van der Waals surface area contributed by atoms with Gasteiger partial charge >= 0.3 is 0 Å². The molecule has 22 heavy (non-hydrogen) atoms. The van der Waals surface area contributed by atoms with Crippen LogP contribution in [-0.4, -0.2) is 18.3 Å². The largest absolute Gasteiger partial charge is 0.493 e. The summed E-state index contributed by atoms with van der Waals surface area (Å²) in [6.45, 7) is 4.82. The fraction of sp³-hybridized carbons (Fsp3) is 0.300. The first-order valence-electron chi connectivity index (χ1n) is 7.85. The Hall–Kier alpha value is -2.06. The maximum Gasteiger partial charge on any atom is 0.122 e. The number of rotatable bonds is 6. The number of aliphatic hydroxyl groups is 1. The Balaban J connectivity index is 1.95. The molecule has 1 aliphatic heterocycles. The summed E-state index contributed by atoms with van der Waals surface area (Å²) in [5, 5.41) is 9.16. The lowest BCUT2D eigenvalue weighted by atomic mass is 9.80. The molecule has 1 heterocycles. The van der Waals surface area contributed by atoms with Crippen LogP contribution in [0.1, 0.15) is 34.9 Å². The van der Waals surface area contributed by atoms with Gasteiger partial charge in [-0.25, -0.2) is 0 Å². The van der Waals surface area contributed by atoms with E-state index >= 15 is 0 Å². The molecular weight excluding hydrogens is 272 g/mol. The lowest BCUT2D eigenvalue weighted by Crippen LogP contribution is -2.12. The molecule has 0 aliphatic carbocycles. The van der Waals surface area contributed by atoms with Gasteiger partial charge < -0.3 is 9.84 Å². The number of benzene rings is 2. The normalized spacial score (nSPS) is 17.6. The quantitative estimate of drug-likeness (QED) is 0.814. The van der Waals surface area contributed by atoms with Gasteiger partial charge in [0, 0.05) is 18.1 Å². The standard InChI is InChI=1S/C20H22O2/c1-2-6-17(16-7-4-3-5-8-16)19-14-22-20-10-9-15(11-12-21)13-18(19)20/h2-5,7-10,13,17,19,21H,1,6,11-12,14H2. The van der Waals surface area contributed by atoms with Gasteiger partial charge in [-0.15, -0.1) is 6.58 Å². The monoisotopic (exact) mass is 294 g/mol. The van der Waals surface area contributed by atoms with Crippen LogP contribution in [0.4, 0.5) is 0 Å². The summed E-state index contributed by atoms with van der Waals surface area (Å²) in [6, 6.07) is 16.9. The zero-order valence-corrected chi connectivity index (χ0v) is 12.7. The van der Waals surface area contributed by atoms with Crippen molar-refractivity contribution < 1.29 is 9.84 Å². The summed E-state index contributed by atoms with van der Waals surface area (Å²) in [5.41, 5.74) is 3.76. The molecule has 0 amide bonds. The first-order valence-corrected chi connectivity index (χ1v) is 7.85. The third-order valence-electron chi connectivity index (χ3n) is 4.43. The number of aliphatic hydroxyl groups excluding tert-OH is 1. The summed E-state index contributed by atoms with van der Waals surface area (Å²) in [6.07, 6.45) is 3.62. The summed E-state index contributed by atoms with van der Waals surface area (Å²) < 4.78 is 5.90. The van der Waals surface area contributed by atoms with Gasteiger partial charge in [0.05, 0.1) is 6.61 Å². The molecule has 2 atom stereocenters. The molecule has 0 radical (unpaired) electrons. The van der Waals surface area contributed by atoms with E-state index in [2.05, 4.69) is 36.9 Å². The fourth-order valence-electron chi connectivity index (χ4n) is 3.32. The van der Waals surface area contributed by atoms with E-state index < -0.39 is 0 Å². The van der Waals surface area contributed by atoms with Gasteiger partial charge in [0.15, 0.2) is 0 Å². The Morgan fingerprint density at radius 2 is 2.05 bits per heavy atom. The van der Waals surface area contributed by atoms with Crippen LogP contribution in [0.15, 0.2) is 61.2 Å². The van der Waals surface area contributed by atoms with E-state index in [0.29, 0.717) is 24.9 Å². The lowest BCUT2D eigenvalue weighted by molar-refractivity contribution is 0.299. The molecule has 2 aromatic carbocycles.